The van der Waals surface area contributed by atoms with Crippen molar-refractivity contribution in [3.05, 3.63) is 46.3 Å². The fraction of sp³-hybridized carbons (Fsp3) is 0.227. The van der Waals surface area contributed by atoms with E-state index in [1.165, 1.54) is 7.11 Å². The van der Waals surface area contributed by atoms with Crippen molar-refractivity contribution in [1.29, 1.82) is 0 Å². The van der Waals surface area contributed by atoms with Gasteiger partial charge in [-0.3, -0.25) is 0 Å². The standard InChI is InChI=1S/C22H18O7/c1-22(2)7-6-12-14(29-22)9-16-18(20(12)25-3)19(23)17(21(24)28-16)11-4-5-13-15(8-11)27-10-26-13/h4-9,23H,10H2,1-3H3. The van der Waals surface area contributed by atoms with Crippen LogP contribution in [0.15, 0.2) is 39.6 Å². The van der Waals surface area contributed by atoms with E-state index in [9.17, 15) is 9.90 Å². The maximum absolute atomic E-state index is 12.8. The van der Waals surface area contributed by atoms with Crippen molar-refractivity contribution in [2.24, 2.45) is 0 Å². The van der Waals surface area contributed by atoms with Gasteiger partial charge >= 0.3 is 5.63 Å². The molecule has 0 spiro atoms. The average Bonchev–Trinajstić information content (AvgIpc) is 3.13. The molecular formula is C22H18O7. The summed E-state index contributed by atoms with van der Waals surface area (Å²) in [5.74, 6) is 1.73. The van der Waals surface area contributed by atoms with Gasteiger partial charge in [-0.15, -0.1) is 0 Å². The van der Waals surface area contributed by atoms with Crippen LogP contribution < -0.4 is 24.6 Å². The fourth-order valence-electron chi connectivity index (χ4n) is 3.67. The SMILES string of the molecule is COc1c2c(cc3oc(=O)c(-c4ccc5c(c4)OCO5)c(O)c13)OC(C)(C)C=C2. The van der Waals surface area contributed by atoms with E-state index in [-0.39, 0.29) is 23.7 Å². The molecule has 7 heteroatoms. The second-order valence-corrected chi connectivity index (χ2v) is 7.41. The van der Waals surface area contributed by atoms with Crippen LogP contribution >= 0.6 is 0 Å². The van der Waals surface area contributed by atoms with Crippen LogP contribution in [0.5, 0.6) is 28.7 Å². The van der Waals surface area contributed by atoms with Gasteiger partial charge in [-0.05, 0) is 43.7 Å². The van der Waals surface area contributed by atoms with E-state index in [0.29, 0.717) is 39.5 Å². The van der Waals surface area contributed by atoms with Gasteiger partial charge in [-0.1, -0.05) is 6.07 Å². The Bertz CT molecular complexity index is 1250. The smallest absolute Gasteiger partial charge is 0.347 e. The minimum atomic E-state index is -0.679. The van der Waals surface area contributed by atoms with Crippen molar-refractivity contribution in [1.82, 2.24) is 0 Å². The van der Waals surface area contributed by atoms with Crippen LogP contribution in [0.4, 0.5) is 0 Å². The molecule has 2 aliphatic rings. The summed E-state index contributed by atoms with van der Waals surface area (Å²) in [6.45, 7) is 3.94. The van der Waals surface area contributed by atoms with Crippen molar-refractivity contribution in [2.45, 2.75) is 19.4 Å². The van der Waals surface area contributed by atoms with Gasteiger partial charge in [0.2, 0.25) is 6.79 Å². The van der Waals surface area contributed by atoms with E-state index >= 15 is 0 Å². The molecule has 0 saturated carbocycles. The second-order valence-electron chi connectivity index (χ2n) is 7.41. The number of aromatic hydroxyl groups is 1. The Morgan fingerprint density at radius 3 is 2.69 bits per heavy atom. The summed E-state index contributed by atoms with van der Waals surface area (Å²) < 4.78 is 27.8. The molecule has 0 radical (unpaired) electrons. The van der Waals surface area contributed by atoms with Gasteiger partial charge in [0.1, 0.15) is 39.4 Å². The number of benzene rings is 2. The summed E-state index contributed by atoms with van der Waals surface area (Å²) in [7, 11) is 1.49. The molecule has 0 fully saturated rings. The number of ether oxygens (including phenoxy) is 4. The van der Waals surface area contributed by atoms with Crippen LogP contribution in [-0.4, -0.2) is 24.6 Å². The van der Waals surface area contributed by atoms with E-state index < -0.39 is 11.2 Å². The summed E-state index contributed by atoms with van der Waals surface area (Å²) in [6, 6.07) is 6.59. The van der Waals surface area contributed by atoms with E-state index in [1.54, 1.807) is 24.3 Å². The van der Waals surface area contributed by atoms with Crippen LogP contribution in [0.1, 0.15) is 19.4 Å². The quantitative estimate of drug-likeness (QED) is 0.655. The van der Waals surface area contributed by atoms with E-state index in [0.717, 1.165) is 0 Å². The molecule has 0 bridgehead atoms. The normalized spacial score (nSPS) is 15.8. The van der Waals surface area contributed by atoms with Gasteiger partial charge in [0.05, 0.1) is 12.7 Å². The lowest BCUT2D eigenvalue weighted by atomic mass is 9.98. The number of hydrogen-bond acceptors (Lipinski definition) is 7. The third-order valence-corrected chi connectivity index (χ3v) is 5.02. The highest BCUT2D eigenvalue weighted by Crippen LogP contribution is 2.47. The Kier molecular flexibility index (Phi) is 3.58. The van der Waals surface area contributed by atoms with E-state index in [4.69, 9.17) is 23.4 Å². The van der Waals surface area contributed by atoms with E-state index in [2.05, 4.69) is 0 Å². The molecule has 5 rings (SSSR count). The third-order valence-electron chi connectivity index (χ3n) is 5.02. The third kappa shape index (κ3) is 2.61. The Morgan fingerprint density at radius 1 is 1.10 bits per heavy atom. The van der Waals surface area contributed by atoms with Gasteiger partial charge in [-0.2, -0.15) is 0 Å². The Morgan fingerprint density at radius 2 is 1.90 bits per heavy atom. The second kappa shape index (κ2) is 5.94. The number of hydrogen-bond donors (Lipinski definition) is 1. The van der Waals surface area contributed by atoms with Crippen molar-refractivity contribution < 1.29 is 28.5 Å². The average molecular weight is 394 g/mol. The van der Waals surface area contributed by atoms with Gasteiger partial charge in [0.15, 0.2) is 11.5 Å². The Balaban J connectivity index is 1.79. The topological polar surface area (TPSA) is 87.4 Å². The highest BCUT2D eigenvalue weighted by Gasteiger charge is 2.29. The lowest BCUT2D eigenvalue weighted by molar-refractivity contribution is 0.158. The highest BCUT2D eigenvalue weighted by atomic mass is 16.7. The van der Waals surface area contributed by atoms with Crippen LogP contribution in [0.25, 0.3) is 28.2 Å². The first-order chi connectivity index (χ1) is 13.9. The zero-order valence-corrected chi connectivity index (χ0v) is 16.1. The van der Waals surface area contributed by atoms with Gasteiger partial charge in [0, 0.05) is 6.07 Å². The van der Waals surface area contributed by atoms with Gasteiger partial charge in [-0.25, -0.2) is 4.79 Å². The van der Waals surface area contributed by atoms with Crippen LogP contribution in [0.2, 0.25) is 0 Å². The maximum Gasteiger partial charge on any atom is 0.347 e. The fourth-order valence-corrected chi connectivity index (χ4v) is 3.67. The van der Waals surface area contributed by atoms with Crippen LogP contribution in [0.3, 0.4) is 0 Å². The molecular weight excluding hydrogens is 376 g/mol. The molecule has 3 aromatic rings. The Labute approximate surface area is 165 Å². The maximum atomic E-state index is 12.8. The molecule has 1 N–H and O–H groups in total. The molecule has 0 atom stereocenters. The summed E-state index contributed by atoms with van der Waals surface area (Å²) >= 11 is 0. The summed E-state index contributed by atoms with van der Waals surface area (Å²) in [5.41, 5.74) is 0.131. The molecule has 2 aromatic carbocycles. The zero-order valence-electron chi connectivity index (χ0n) is 16.1. The first-order valence-electron chi connectivity index (χ1n) is 9.07. The molecule has 3 heterocycles. The van der Waals surface area contributed by atoms with Crippen LogP contribution in [-0.2, 0) is 0 Å². The molecule has 0 aliphatic carbocycles. The summed E-state index contributed by atoms with van der Waals surface area (Å²) in [6.07, 6.45) is 3.78. The largest absolute Gasteiger partial charge is 0.506 e. The summed E-state index contributed by atoms with van der Waals surface area (Å²) in [4.78, 5) is 12.8. The van der Waals surface area contributed by atoms with Crippen molar-refractivity contribution in [2.75, 3.05) is 13.9 Å². The molecule has 0 amide bonds. The lowest BCUT2D eigenvalue weighted by Crippen LogP contribution is -2.27. The zero-order chi connectivity index (χ0) is 20.3. The highest BCUT2D eigenvalue weighted by molar-refractivity contribution is 5.99. The molecule has 0 saturated heterocycles. The monoisotopic (exact) mass is 394 g/mol. The predicted octanol–water partition coefficient (Wildman–Crippen LogP) is 4.09. The molecule has 1 aromatic heterocycles. The first-order valence-corrected chi connectivity index (χ1v) is 9.07. The molecule has 2 aliphatic heterocycles. The molecule has 7 nitrogen and oxygen atoms in total. The number of methoxy groups -OCH3 is 1. The predicted molar refractivity (Wildman–Crippen MR) is 106 cm³/mol. The summed E-state index contributed by atoms with van der Waals surface area (Å²) in [5, 5.41) is 11.4. The number of fused-ring (bicyclic) bond motifs is 3. The molecule has 148 valence electrons. The lowest BCUT2D eigenvalue weighted by Gasteiger charge is -2.29. The van der Waals surface area contributed by atoms with Crippen LogP contribution in [0, 0.1) is 0 Å². The van der Waals surface area contributed by atoms with Crippen molar-refractivity contribution >= 4 is 17.0 Å². The van der Waals surface area contributed by atoms with E-state index in [1.807, 2.05) is 26.0 Å². The minimum Gasteiger partial charge on any atom is -0.506 e. The van der Waals surface area contributed by atoms with Crippen molar-refractivity contribution in [3.63, 3.8) is 0 Å². The first kappa shape index (κ1) is 17.5. The van der Waals surface area contributed by atoms with Gasteiger partial charge < -0.3 is 28.5 Å². The molecule has 0 unspecified atom stereocenters. The van der Waals surface area contributed by atoms with Crippen molar-refractivity contribution in [3.8, 4) is 39.9 Å². The molecule has 29 heavy (non-hydrogen) atoms. The number of rotatable bonds is 2. The minimum absolute atomic E-state index is 0.0232. The van der Waals surface area contributed by atoms with Gasteiger partial charge in [0.25, 0.3) is 0 Å². The Hall–Kier alpha value is -3.61.